The molecule has 0 aromatic rings. The van der Waals surface area contributed by atoms with Gasteiger partial charge in [-0.1, -0.05) is 0 Å². The molecule has 0 saturated carbocycles. The van der Waals surface area contributed by atoms with E-state index in [-0.39, 0.29) is 0 Å². The van der Waals surface area contributed by atoms with Crippen LogP contribution in [0.2, 0.25) is 0 Å². The minimum Gasteiger partial charge on any atom is -0.340 e. The fourth-order valence-electron chi connectivity index (χ4n) is 2.74. The summed E-state index contributed by atoms with van der Waals surface area (Å²) in [5.41, 5.74) is 0. The third kappa shape index (κ3) is 3.67. The third-order valence-electron chi connectivity index (χ3n) is 4.04. The van der Waals surface area contributed by atoms with E-state index in [1.54, 1.807) is 0 Å². The van der Waals surface area contributed by atoms with Crippen molar-refractivity contribution in [3.63, 3.8) is 0 Å². The van der Waals surface area contributed by atoms with Crippen LogP contribution >= 0.6 is 0 Å². The molecule has 1 N–H and O–H groups in total. The Hall–Kier alpha value is -0.650. The van der Waals surface area contributed by atoms with Crippen molar-refractivity contribution in [2.45, 2.75) is 18.9 Å². The van der Waals surface area contributed by atoms with E-state index in [2.05, 4.69) is 29.2 Å². The fourth-order valence-corrected chi connectivity index (χ4v) is 2.74. The van der Waals surface area contributed by atoms with Crippen LogP contribution in [-0.2, 0) is 4.79 Å². The molecule has 0 bridgehead atoms. The number of hydrogen-bond donors (Lipinski definition) is 1. The summed E-state index contributed by atoms with van der Waals surface area (Å²) in [4.78, 5) is 18.8. The topological polar surface area (TPSA) is 38.8 Å². The van der Waals surface area contributed by atoms with Gasteiger partial charge in [-0.3, -0.25) is 9.69 Å². The fraction of sp³-hybridized carbons (Fsp3) is 0.923. The number of likely N-dealkylation sites (tertiary alicyclic amines) is 1. The van der Waals surface area contributed by atoms with Crippen molar-refractivity contribution in [1.29, 1.82) is 0 Å². The summed E-state index contributed by atoms with van der Waals surface area (Å²) >= 11 is 0. The lowest BCUT2D eigenvalue weighted by Gasteiger charge is -2.24. The van der Waals surface area contributed by atoms with Gasteiger partial charge in [0.05, 0.1) is 6.54 Å². The van der Waals surface area contributed by atoms with E-state index in [4.69, 9.17) is 0 Å². The Morgan fingerprint density at radius 2 is 2.11 bits per heavy atom. The zero-order valence-corrected chi connectivity index (χ0v) is 11.7. The summed E-state index contributed by atoms with van der Waals surface area (Å²) in [5.74, 6) is 0.307. The first kappa shape index (κ1) is 13.8. The summed E-state index contributed by atoms with van der Waals surface area (Å²) in [7, 11) is 4.19. The second-order valence-electron chi connectivity index (χ2n) is 5.63. The molecule has 0 aliphatic carbocycles. The van der Waals surface area contributed by atoms with Gasteiger partial charge in [0.25, 0.3) is 0 Å². The molecule has 2 rings (SSSR count). The van der Waals surface area contributed by atoms with Crippen LogP contribution in [0.15, 0.2) is 0 Å². The average molecular weight is 254 g/mol. The van der Waals surface area contributed by atoms with Gasteiger partial charge in [-0.05, 0) is 40.0 Å². The van der Waals surface area contributed by atoms with Gasteiger partial charge in [-0.15, -0.1) is 0 Å². The normalized spacial score (nSPS) is 26.6. The molecule has 5 nitrogen and oxygen atoms in total. The zero-order valence-electron chi connectivity index (χ0n) is 11.7. The smallest absolute Gasteiger partial charge is 0.236 e. The van der Waals surface area contributed by atoms with Crippen LogP contribution in [0.25, 0.3) is 0 Å². The maximum Gasteiger partial charge on any atom is 0.236 e. The summed E-state index contributed by atoms with van der Waals surface area (Å²) in [6.45, 7) is 6.55. The molecular weight excluding hydrogens is 228 g/mol. The Labute approximate surface area is 110 Å². The molecule has 2 heterocycles. The largest absolute Gasteiger partial charge is 0.340 e. The molecule has 0 aromatic carbocycles. The molecule has 1 unspecified atom stereocenters. The molecule has 0 spiro atoms. The van der Waals surface area contributed by atoms with E-state index >= 15 is 0 Å². The SMILES string of the molecule is CN(C)C1CCN(C(=O)CN2CCCNCC2)C1. The lowest BCUT2D eigenvalue weighted by molar-refractivity contribution is -0.131. The van der Waals surface area contributed by atoms with Gasteiger partial charge in [0.1, 0.15) is 0 Å². The number of likely N-dealkylation sites (N-methyl/N-ethyl adjacent to an activating group) is 1. The highest BCUT2D eigenvalue weighted by Gasteiger charge is 2.28. The number of nitrogens with zero attached hydrogens (tertiary/aromatic N) is 3. The first-order valence-corrected chi connectivity index (χ1v) is 7.04. The predicted molar refractivity (Wildman–Crippen MR) is 72.6 cm³/mol. The maximum atomic E-state index is 12.2. The Bertz CT molecular complexity index is 274. The van der Waals surface area contributed by atoms with E-state index in [0.717, 1.165) is 52.1 Å². The third-order valence-corrected chi connectivity index (χ3v) is 4.04. The molecule has 18 heavy (non-hydrogen) atoms. The van der Waals surface area contributed by atoms with Crippen molar-refractivity contribution in [2.24, 2.45) is 0 Å². The number of carbonyl (C=O) groups is 1. The minimum absolute atomic E-state index is 0.307. The first-order valence-electron chi connectivity index (χ1n) is 7.04. The number of hydrogen-bond acceptors (Lipinski definition) is 4. The van der Waals surface area contributed by atoms with Crippen LogP contribution in [0.3, 0.4) is 0 Å². The first-order chi connectivity index (χ1) is 8.66. The van der Waals surface area contributed by atoms with E-state index < -0.39 is 0 Å². The molecule has 1 atom stereocenters. The lowest BCUT2D eigenvalue weighted by Crippen LogP contribution is -2.41. The van der Waals surface area contributed by atoms with Crippen molar-refractivity contribution < 1.29 is 4.79 Å². The van der Waals surface area contributed by atoms with Gasteiger partial charge >= 0.3 is 0 Å². The second-order valence-corrected chi connectivity index (χ2v) is 5.63. The van der Waals surface area contributed by atoms with Gasteiger partial charge in [0.2, 0.25) is 5.91 Å². The monoisotopic (exact) mass is 254 g/mol. The molecule has 1 amide bonds. The van der Waals surface area contributed by atoms with Crippen LogP contribution in [0, 0.1) is 0 Å². The summed E-state index contributed by atoms with van der Waals surface area (Å²) < 4.78 is 0. The Morgan fingerprint density at radius 3 is 2.83 bits per heavy atom. The molecule has 0 radical (unpaired) electrons. The van der Waals surface area contributed by atoms with Gasteiger partial charge in [-0.2, -0.15) is 0 Å². The van der Waals surface area contributed by atoms with Crippen LogP contribution in [0.4, 0.5) is 0 Å². The molecule has 2 fully saturated rings. The van der Waals surface area contributed by atoms with Crippen LogP contribution < -0.4 is 5.32 Å². The molecule has 2 aliphatic rings. The van der Waals surface area contributed by atoms with Gasteiger partial charge < -0.3 is 15.1 Å². The lowest BCUT2D eigenvalue weighted by atomic mass is 10.2. The van der Waals surface area contributed by atoms with Gasteiger partial charge in [0, 0.05) is 32.2 Å². The zero-order chi connectivity index (χ0) is 13.0. The van der Waals surface area contributed by atoms with Crippen molar-refractivity contribution in [3.05, 3.63) is 0 Å². The Balaban J connectivity index is 1.77. The maximum absolute atomic E-state index is 12.2. The summed E-state index contributed by atoms with van der Waals surface area (Å²) in [6, 6.07) is 0.541. The average Bonchev–Trinajstić information content (AvgIpc) is 2.70. The molecular formula is C13H26N4O. The number of rotatable bonds is 3. The quantitative estimate of drug-likeness (QED) is 0.733. The molecule has 0 aromatic heterocycles. The van der Waals surface area contributed by atoms with E-state index in [1.807, 2.05) is 4.90 Å². The van der Waals surface area contributed by atoms with E-state index in [0.29, 0.717) is 18.5 Å². The van der Waals surface area contributed by atoms with Crippen molar-refractivity contribution in [1.82, 2.24) is 20.0 Å². The highest BCUT2D eigenvalue weighted by atomic mass is 16.2. The predicted octanol–water partition coefficient (Wildman–Crippen LogP) is -0.556. The molecule has 5 heteroatoms. The van der Waals surface area contributed by atoms with Crippen molar-refractivity contribution in [2.75, 3.05) is 59.9 Å². The summed E-state index contributed by atoms with van der Waals surface area (Å²) in [6.07, 6.45) is 2.26. The van der Waals surface area contributed by atoms with Crippen LogP contribution in [0.1, 0.15) is 12.8 Å². The van der Waals surface area contributed by atoms with E-state index in [1.165, 1.54) is 0 Å². The molecule has 2 aliphatic heterocycles. The van der Waals surface area contributed by atoms with Gasteiger partial charge in [-0.25, -0.2) is 0 Å². The standard InChI is InChI=1S/C13H26N4O/c1-15(2)12-4-8-17(10-12)13(18)11-16-7-3-5-14-6-9-16/h12,14H,3-11H2,1-2H3. The minimum atomic E-state index is 0.307. The summed E-state index contributed by atoms with van der Waals surface area (Å²) in [5, 5.41) is 3.37. The number of amides is 1. The highest BCUT2D eigenvalue weighted by Crippen LogP contribution is 2.13. The van der Waals surface area contributed by atoms with E-state index in [9.17, 15) is 4.79 Å². The van der Waals surface area contributed by atoms with Crippen molar-refractivity contribution in [3.8, 4) is 0 Å². The van der Waals surface area contributed by atoms with Crippen LogP contribution in [0.5, 0.6) is 0 Å². The number of nitrogens with one attached hydrogen (secondary N) is 1. The molecule has 104 valence electrons. The Morgan fingerprint density at radius 1 is 1.28 bits per heavy atom. The van der Waals surface area contributed by atoms with Crippen molar-refractivity contribution >= 4 is 5.91 Å². The second kappa shape index (κ2) is 6.50. The number of carbonyl (C=O) groups excluding carboxylic acids is 1. The van der Waals surface area contributed by atoms with Crippen LogP contribution in [-0.4, -0.2) is 86.6 Å². The Kier molecular flexibility index (Phi) is 4.97. The van der Waals surface area contributed by atoms with Gasteiger partial charge in [0.15, 0.2) is 0 Å². The molecule has 2 saturated heterocycles. The highest BCUT2D eigenvalue weighted by molar-refractivity contribution is 5.78.